The molecule has 2 saturated heterocycles. The predicted molar refractivity (Wildman–Crippen MR) is 120 cm³/mol. The number of hydrogen-bond acceptors (Lipinski definition) is 4. The number of nitrogens with one attached hydrogen (secondary N) is 2. The van der Waals surface area contributed by atoms with E-state index in [1.807, 2.05) is 20.8 Å². The average Bonchev–Trinajstić information content (AvgIpc) is 3.18. The van der Waals surface area contributed by atoms with Gasteiger partial charge in [-0.2, -0.15) is 0 Å². The first-order valence-electron chi connectivity index (χ1n) is 11.4. The van der Waals surface area contributed by atoms with Crippen LogP contribution in [-0.2, 0) is 16.0 Å². The van der Waals surface area contributed by atoms with Gasteiger partial charge in [-0.05, 0) is 57.2 Å². The zero-order chi connectivity index (χ0) is 21.7. The van der Waals surface area contributed by atoms with Crippen LogP contribution >= 0.6 is 0 Å². The van der Waals surface area contributed by atoms with E-state index in [0.29, 0.717) is 5.92 Å². The van der Waals surface area contributed by atoms with E-state index < -0.39 is 6.04 Å². The Bertz CT molecular complexity index is 708. The zero-order valence-corrected chi connectivity index (χ0v) is 18.9. The molecule has 0 aromatic heterocycles. The van der Waals surface area contributed by atoms with Crippen LogP contribution < -0.4 is 10.6 Å². The number of fused-ring (bicyclic) bond motifs is 1. The van der Waals surface area contributed by atoms with Crippen molar-refractivity contribution in [3.05, 3.63) is 35.9 Å². The van der Waals surface area contributed by atoms with E-state index in [9.17, 15) is 9.59 Å². The fraction of sp³-hybridized carbons (Fsp3) is 0.667. The topological polar surface area (TPSA) is 64.7 Å². The molecule has 6 nitrogen and oxygen atoms in total. The largest absolute Gasteiger partial charge is 0.343 e. The number of rotatable bonds is 8. The number of carbonyl (C=O) groups is 2. The second-order valence-corrected chi connectivity index (χ2v) is 9.21. The zero-order valence-electron chi connectivity index (χ0n) is 18.9. The van der Waals surface area contributed by atoms with Crippen molar-refractivity contribution in [2.45, 2.75) is 58.2 Å². The summed E-state index contributed by atoms with van der Waals surface area (Å²) in [5.41, 5.74) is 1.36. The highest BCUT2D eigenvalue weighted by Gasteiger charge is 2.43. The summed E-state index contributed by atoms with van der Waals surface area (Å²) in [6.45, 7) is 9.71. The van der Waals surface area contributed by atoms with E-state index in [0.717, 1.165) is 45.4 Å². The summed E-state index contributed by atoms with van der Waals surface area (Å²) >= 11 is 0. The summed E-state index contributed by atoms with van der Waals surface area (Å²) in [6, 6.07) is 10.1. The van der Waals surface area contributed by atoms with E-state index >= 15 is 0 Å². The summed E-state index contributed by atoms with van der Waals surface area (Å²) < 4.78 is 0. The molecule has 1 aromatic rings. The fourth-order valence-corrected chi connectivity index (χ4v) is 4.72. The molecular weight excluding hydrogens is 376 g/mol. The van der Waals surface area contributed by atoms with E-state index in [4.69, 9.17) is 0 Å². The highest BCUT2D eigenvalue weighted by Crippen LogP contribution is 2.32. The monoisotopic (exact) mass is 414 g/mol. The molecule has 2 amide bonds. The van der Waals surface area contributed by atoms with Crippen LogP contribution in [0.4, 0.5) is 0 Å². The SMILES string of the molecule is CN[C@@H](C)C(=O)N[C@H](C(=O)N1CC[C@H]2CCN(CCc3ccccc3)C[C@H]21)C(C)C. The third-order valence-corrected chi connectivity index (χ3v) is 6.85. The number of amides is 2. The van der Waals surface area contributed by atoms with Gasteiger partial charge in [-0.3, -0.25) is 9.59 Å². The third-order valence-electron chi connectivity index (χ3n) is 6.85. The first-order valence-corrected chi connectivity index (χ1v) is 11.4. The van der Waals surface area contributed by atoms with Crippen molar-refractivity contribution in [1.82, 2.24) is 20.4 Å². The van der Waals surface area contributed by atoms with Crippen molar-refractivity contribution in [2.24, 2.45) is 11.8 Å². The Labute approximate surface area is 181 Å². The second kappa shape index (κ2) is 10.4. The minimum absolute atomic E-state index is 0.0577. The summed E-state index contributed by atoms with van der Waals surface area (Å²) in [4.78, 5) is 30.4. The van der Waals surface area contributed by atoms with Crippen molar-refractivity contribution < 1.29 is 9.59 Å². The van der Waals surface area contributed by atoms with Gasteiger partial charge in [0.1, 0.15) is 6.04 Å². The fourth-order valence-electron chi connectivity index (χ4n) is 4.72. The number of hydrogen-bond donors (Lipinski definition) is 2. The normalized spacial score (nSPS) is 23.8. The van der Waals surface area contributed by atoms with Gasteiger partial charge >= 0.3 is 0 Å². The van der Waals surface area contributed by atoms with Gasteiger partial charge in [0.15, 0.2) is 0 Å². The van der Waals surface area contributed by atoms with Crippen molar-refractivity contribution >= 4 is 11.8 Å². The van der Waals surface area contributed by atoms with Crippen molar-refractivity contribution in [2.75, 3.05) is 33.2 Å². The van der Waals surface area contributed by atoms with E-state index in [1.54, 1.807) is 7.05 Å². The Balaban J connectivity index is 1.62. The number of likely N-dealkylation sites (tertiary alicyclic amines) is 2. The molecule has 3 rings (SSSR count). The Hall–Kier alpha value is -1.92. The van der Waals surface area contributed by atoms with Gasteiger partial charge in [0.05, 0.1) is 6.04 Å². The van der Waals surface area contributed by atoms with Crippen LogP contribution in [0.2, 0.25) is 0 Å². The lowest BCUT2D eigenvalue weighted by Gasteiger charge is -2.40. The van der Waals surface area contributed by atoms with Crippen molar-refractivity contribution in [1.29, 1.82) is 0 Å². The molecule has 0 aliphatic carbocycles. The maximum absolute atomic E-state index is 13.4. The van der Waals surface area contributed by atoms with Gasteiger partial charge in [0, 0.05) is 25.7 Å². The molecule has 0 saturated carbocycles. The van der Waals surface area contributed by atoms with Gasteiger partial charge in [-0.15, -0.1) is 0 Å². The molecule has 2 aliphatic rings. The molecule has 2 heterocycles. The maximum Gasteiger partial charge on any atom is 0.245 e. The van der Waals surface area contributed by atoms with E-state index in [2.05, 4.69) is 50.8 Å². The van der Waals surface area contributed by atoms with E-state index in [1.165, 1.54) is 5.56 Å². The molecule has 1 aromatic carbocycles. The number of likely N-dealkylation sites (N-methyl/N-ethyl adjacent to an activating group) is 1. The summed E-state index contributed by atoms with van der Waals surface area (Å²) in [5, 5.41) is 5.94. The highest BCUT2D eigenvalue weighted by molar-refractivity contribution is 5.90. The van der Waals surface area contributed by atoms with Gasteiger partial charge in [-0.1, -0.05) is 44.2 Å². The quantitative estimate of drug-likeness (QED) is 0.682. The van der Waals surface area contributed by atoms with Gasteiger partial charge < -0.3 is 20.4 Å². The molecule has 30 heavy (non-hydrogen) atoms. The van der Waals surface area contributed by atoms with Crippen LogP contribution in [0.25, 0.3) is 0 Å². The number of carbonyl (C=O) groups excluding carboxylic acids is 2. The summed E-state index contributed by atoms with van der Waals surface area (Å²) in [7, 11) is 1.76. The van der Waals surface area contributed by atoms with E-state index in [-0.39, 0.29) is 29.8 Å². The van der Waals surface area contributed by atoms with Crippen molar-refractivity contribution in [3.8, 4) is 0 Å². The minimum atomic E-state index is -0.466. The molecule has 166 valence electrons. The molecule has 4 atom stereocenters. The van der Waals surface area contributed by atoms with Crippen molar-refractivity contribution in [3.63, 3.8) is 0 Å². The third kappa shape index (κ3) is 5.41. The molecule has 2 N–H and O–H groups in total. The average molecular weight is 415 g/mol. The first-order chi connectivity index (χ1) is 14.4. The molecule has 6 heteroatoms. The van der Waals surface area contributed by atoms with Crippen LogP contribution in [0.1, 0.15) is 39.2 Å². The van der Waals surface area contributed by atoms with Crippen LogP contribution in [0.15, 0.2) is 30.3 Å². The predicted octanol–water partition coefficient (Wildman–Crippen LogP) is 1.90. The molecule has 0 bridgehead atoms. The Morgan fingerprint density at radius 1 is 1.10 bits per heavy atom. The van der Waals surface area contributed by atoms with Crippen LogP contribution in [-0.4, -0.2) is 73.0 Å². The van der Waals surface area contributed by atoms with Crippen LogP contribution in [0, 0.1) is 11.8 Å². The van der Waals surface area contributed by atoms with Crippen LogP contribution in [0.5, 0.6) is 0 Å². The Kier molecular flexibility index (Phi) is 7.89. The number of piperidine rings is 1. The Morgan fingerprint density at radius 3 is 2.47 bits per heavy atom. The minimum Gasteiger partial charge on any atom is -0.343 e. The lowest BCUT2D eigenvalue weighted by atomic mass is 9.91. The molecule has 0 spiro atoms. The molecule has 2 fully saturated rings. The molecule has 2 aliphatic heterocycles. The summed E-state index contributed by atoms with van der Waals surface area (Å²) in [5.74, 6) is 0.608. The van der Waals surface area contributed by atoms with Crippen LogP contribution in [0.3, 0.4) is 0 Å². The van der Waals surface area contributed by atoms with Gasteiger partial charge in [-0.25, -0.2) is 0 Å². The first kappa shape index (κ1) is 22.8. The molecule has 0 unspecified atom stereocenters. The van der Waals surface area contributed by atoms with Gasteiger partial charge in [0.25, 0.3) is 0 Å². The smallest absolute Gasteiger partial charge is 0.245 e. The summed E-state index contributed by atoms with van der Waals surface area (Å²) in [6.07, 6.45) is 3.27. The molecular formula is C24H38N4O2. The second-order valence-electron chi connectivity index (χ2n) is 9.21. The molecule has 0 radical (unpaired) electrons. The number of benzene rings is 1. The standard InChI is InChI=1S/C24H38N4O2/c1-17(2)22(26-23(29)18(3)25-4)24(30)28-15-12-20-11-14-27(16-21(20)28)13-10-19-8-6-5-7-9-19/h5-9,17-18,20-22,25H,10-16H2,1-4H3,(H,26,29)/t18-,20+,21+,22-/m0/s1. The number of nitrogens with zero attached hydrogens (tertiary/aromatic N) is 2. The Morgan fingerprint density at radius 2 is 1.80 bits per heavy atom. The highest BCUT2D eigenvalue weighted by atomic mass is 16.2. The van der Waals surface area contributed by atoms with Gasteiger partial charge in [0.2, 0.25) is 11.8 Å². The lowest BCUT2D eigenvalue weighted by Crippen LogP contribution is -2.58. The maximum atomic E-state index is 13.4. The lowest BCUT2D eigenvalue weighted by molar-refractivity contribution is -0.139.